The Bertz CT molecular complexity index is 925. The lowest BCUT2D eigenvalue weighted by molar-refractivity contribution is -0.128. The van der Waals surface area contributed by atoms with Gasteiger partial charge in [-0.1, -0.05) is 0 Å². The van der Waals surface area contributed by atoms with E-state index in [0.717, 1.165) is 17.0 Å². The zero-order valence-corrected chi connectivity index (χ0v) is 16.6. The van der Waals surface area contributed by atoms with Crippen LogP contribution in [0, 0.1) is 0 Å². The molecule has 0 fully saturated rings. The van der Waals surface area contributed by atoms with Crippen molar-refractivity contribution in [2.75, 3.05) is 12.0 Å². The molecule has 2 N–H and O–H groups in total. The number of nitrogens with one attached hydrogen (secondary N) is 2. The van der Waals surface area contributed by atoms with Crippen LogP contribution in [-0.2, 0) is 16.1 Å². The average molecular weight is 405 g/mol. The summed E-state index contributed by atoms with van der Waals surface area (Å²) in [5.41, 5.74) is 2.44. The van der Waals surface area contributed by atoms with Crippen LogP contribution in [0.2, 0.25) is 0 Å². The van der Waals surface area contributed by atoms with E-state index in [1.165, 1.54) is 6.92 Å². The van der Waals surface area contributed by atoms with Gasteiger partial charge in [-0.3, -0.25) is 9.59 Å². The lowest BCUT2D eigenvalue weighted by Gasteiger charge is -2.16. The molecule has 0 bridgehead atoms. The largest absolute Gasteiger partial charge is 0.347 e. The van der Waals surface area contributed by atoms with Gasteiger partial charge in [-0.05, 0) is 42.0 Å². The van der Waals surface area contributed by atoms with Gasteiger partial charge in [-0.15, -0.1) is 10.2 Å². The van der Waals surface area contributed by atoms with Gasteiger partial charge in [0.1, 0.15) is 6.04 Å². The monoisotopic (exact) mass is 404 g/mol. The highest BCUT2D eigenvalue weighted by atomic mass is 32.2. The summed E-state index contributed by atoms with van der Waals surface area (Å²) in [5, 5.41) is 22.3. The molecule has 1 atom stereocenters. The molecule has 142 valence electrons. The van der Waals surface area contributed by atoms with E-state index in [9.17, 15) is 9.59 Å². The molecule has 3 heterocycles. The van der Waals surface area contributed by atoms with E-state index in [1.807, 2.05) is 35.2 Å². The lowest BCUT2D eigenvalue weighted by Crippen LogP contribution is -2.46. The van der Waals surface area contributed by atoms with Crippen molar-refractivity contribution in [3.05, 3.63) is 34.8 Å². The normalized spacial score (nSPS) is 12.1. The third kappa shape index (κ3) is 4.83. The van der Waals surface area contributed by atoms with Crippen LogP contribution in [0.25, 0.3) is 16.9 Å². The van der Waals surface area contributed by atoms with E-state index >= 15 is 0 Å². The molecule has 0 saturated heterocycles. The quantitative estimate of drug-likeness (QED) is 0.593. The van der Waals surface area contributed by atoms with Gasteiger partial charge in [0.15, 0.2) is 11.5 Å². The van der Waals surface area contributed by atoms with Crippen LogP contribution in [0.15, 0.2) is 29.0 Å². The first-order valence-electron chi connectivity index (χ1n) is 8.36. The summed E-state index contributed by atoms with van der Waals surface area (Å²) in [6, 6.07) is 5.16. The van der Waals surface area contributed by atoms with Crippen LogP contribution < -0.4 is 10.6 Å². The zero-order chi connectivity index (χ0) is 19.2. The van der Waals surface area contributed by atoms with Gasteiger partial charge in [-0.2, -0.15) is 32.7 Å². The maximum atomic E-state index is 12.5. The first-order chi connectivity index (χ1) is 13.1. The fourth-order valence-corrected chi connectivity index (χ4v) is 3.67. The third-order valence-corrected chi connectivity index (χ3v) is 5.20. The topological polar surface area (TPSA) is 101 Å². The van der Waals surface area contributed by atoms with E-state index in [1.54, 1.807) is 27.6 Å². The summed E-state index contributed by atoms with van der Waals surface area (Å²) in [4.78, 5) is 23.8. The molecule has 3 aromatic heterocycles. The van der Waals surface area contributed by atoms with Crippen molar-refractivity contribution in [3.8, 4) is 11.3 Å². The fourth-order valence-electron chi connectivity index (χ4n) is 2.55. The number of thioether (sulfide) groups is 1. The fraction of sp³-hybridized carbons (Fsp3) is 0.353. The maximum Gasteiger partial charge on any atom is 0.242 e. The minimum atomic E-state index is -0.566. The van der Waals surface area contributed by atoms with Crippen LogP contribution in [0.4, 0.5) is 0 Å². The number of carbonyl (C=O) groups excluding carboxylic acids is 2. The highest BCUT2D eigenvalue weighted by Gasteiger charge is 2.19. The van der Waals surface area contributed by atoms with E-state index in [2.05, 4.69) is 25.9 Å². The maximum absolute atomic E-state index is 12.5. The number of thiophene rings is 1. The van der Waals surface area contributed by atoms with Crippen LogP contribution in [0.3, 0.4) is 0 Å². The van der Waals surface area contributed by atoms with Gasteiger partial charge in [0.05, 0.1) is 12.2 Å². The molecular weight excluding hydrogens is 384 g/mol. The summed E-state index contributed by atoms with van der Waals surface area (Å²) < 4.78 is 1.63. The zero-order valence-electron chi connectivity index (χ0n) is 15.0. The Hall–Kier alpha value is -2.46. The average Bonchev–Trinajstić information content (AvgIpc) is 3.32. The van der Waals surface area contributed by atoms with Crippen molar-refractivity contribution in [3.63, 3.8) is 0 Å². The molecular formula is C17H20N6O2S2. The van der Waals surface area contributed by atoms with Gasteiger partial charge in [-0.25, -0.2) is 0 Å². The molecule has 2 amide bonds. The van der Waals surface area contributed by atoms with Crippen molar-refractivity contribution >= 4 is 40.6 Å². The number of amides is 2. The summed E-state index contributed by atoms with van der Waals surface area (Å²) >= 11 is 3.23. The molecule has 0 unspecified atom stereocenters. The van der Waals surface area contributed by atoms with E-state index in [-0.39, 0.29) is 18.4 Å². The van der Waals surface area contributed by atoms with Gasteiger partial charge >= 0.3 is 0 Å². The summed E-state index contributed by atoms with van der Waals surface area (Å²) in [6.45, 7) is 1.58. The molecule has 0 aromatic carbocycles. The van der Waals surface area contributed by atoms with Crippen molar-refractivity contribution < 1.29 is 9.59 Å². The summed E-state index contributed by atoms with van der Waals surface area (Å²) in [7, 11) is 0. The third-order valence-electron chi connectivity index (χ3n) is 3.87. The minimum absolute atomic E-state index is 0.176. The number of rotatable bonds is 8. The predicted octanol–water partition coefficient (Wildman–Crippen LogP) is 1.73. The Morgan fingerprint density at radius 2 is 2.15 bits per heavy atom. The van der Waals surface area contributed by atoms with E-state index in [0.29, 0.717) is 17.9 Å². The summed E-state index contributed by atoms with van der Waals surface area (Å²) in [6.07, 6.45) is 2.52. The highest BCUT2D eigenvalue weighted by Crippen LogP contribution is 2.20. The number of aromatic nitrogens is 4. The second kappa shape index (κ2) is 8.96. The van der Waals surface area contributed by atoms with Gasteiger partial charge < -0.3 is 10.6 Å². The molecule has 3 rings (SSSR count). The summed E-state index contributed by atoms with van der Waals surface area (Å²) in [5.74, 6) is 0.829. The van der Waals surface area contributed by atoms with Crippen LogP contribution in [0.1, 0.15) is 19.2 Å². The number of carbonyl (C=O) groups is 2. The minimum Gasteiger partial charge on any atom is -0.347 e. The molecule has 0 aliphatic rings. The van der Waals surface area contributed by atoms with Crippen molar-refractivity contribution in [2.24, 2.45) is 0 Å². The highest BCUT2D eigenvalue weighted by molar-refractivity contribution is 7.98. The van der Waals surface area contributed by atoms with Crippen molar-refractivity contribution in [1.82, 2.24) is 30.4 Å². The molecule has 8 nitrogen and oxygen atoms in total. The van der Waals surface area contributed by atoms with Gasteiger partial charge in [0, 0.05) is 17.9 Å². The standard InChI is InChI=1S/C17H20N6O2S2/c1-11(24)19-14(6-7-26-2)17(25)18-9-16-21-20-15-4-3-13(22-23(15)16)12-5-8-27-10-12/h3-5,8,10,14H,6-7,9H2,1-2H3,(H,18,25)(H,19,24)/t14-/m1/s1. The second-order valence-corrected chi connectivity index (χ2v) is 7.63. The molecule has 0 spiro atoms. The molecule has 0 aliphatic heterocycles. The van der Waals surface area contributed by atoms with Crippen LogP contribution in [0.5, 0.6) is 0 Å². The Labute approximate surface area is 164 Å². The lowest BCUT2D eigenvalue weighted by atomic mass is 10.2. The second-order valence-electron chi connectivity index (χ2n) is 5.87. The first kappa shape index (κ1) is 19.3. The van der Waals surface area contributed by atoms with Crippen molar-refractivity contribution in [1.29, 1.82) is 0 Å². The van der Waals surface area contributed by atoms with Gasteiger partial charge in [0.2, 0.25) is 11.8 Å². The molecule has 0 radical (unpaired) electrons. The molecule has 3 aromatic rings. The number of hydrogen-bond acceptors (Lipinski definition) is 7. The predicted molar refractivity (Wildman–Crippen MR) is 107 cm³/mol. The Morgan fingerprint density at radius 3 is 2.85 bits per heavy atom. The van der Waals surface area contributed by atoms with E-state index in [4.69, 9.17) is 0 Å². The first-order valence-corrected chi connectivity index (χ1v) is 10.7. The van der Waals surface area contributed by atoms with E-state index < -0.39 is 6.04 Å². The molecule has 27 heavy (non-hydrogen) atoms. The Kier molecular flexibility index (Phi) is 6.40. The number of fused-ring (bicyclic) bond motifs is 1. The SMILES string of the molecule is CSCC[C@@H](NC(C)=O)C(=O)NCc1nnc2ccc(-c3ccsc3)nn12. The molecule has 10 heteroatoms. The van der Waals surface area contributed by atoms with Gasteiger partial charge in [0.25, 0.3) is 0 Å². The smallest absolute Gasteiger partial charge is 0.242 e. The molecule has 0 saturated carbocycles. The van der Waals surface area contributed by atoms with Crippen molar-refractivity contribution in [2.45, 2.75) is 25.9 Å². The Morgan fingerprint density at radius 1 is 1.30 bits per heavy atom. The number of nitrogens with zero attached hydrogens (tertiary/aromatic N) is 4. The number of hydrogen-bond donors (Lipinski definition) is 2. The van der Waals surface area contributed by atoms with Crippen LogP contribution in [-0.4, -0.2) is 49.7 Å². The molecule has 0 aliphatic carbocycles. The van der Waals surface area contributed by atoms with Crippen LogP contribution >= 0.6 is 23.1 Å². The Balaban J connectivity index is 1.73.